The summed E-state index contributed by atoms with van der Waals surface area (Å²) in [6.07, 6.45) is 8.48. The van der Waals surface area contributed by atoms with E-state index in [-0.39, 0.29) is 5.78 Å². The Morgan fingerprint density at radius 2 is 1.84 bits per heavy atom. The number of allylic oxidation sites excluding steroid dienone is 1. The monoisotopic (exact) mass is 412 g/mol. The highest BCUT2D eigenvalue weighted by Gasteiger charge is 2.05. The summed E-state index contributed by atoms with van der Waals surface area (Å²) < 4.78 is 13.4. The van der Waals surface area contributed by atoms with Crippen molar-refractivity contribution in [2.24, 2.45) is 0 Å². The molecule has 5 nitrogen and oxygen atoms in total. The van der Waals surface area contributed by atoms with Crippen molar-refractivity contribution < 1.29 is 13.9 Å². The molecule has 0 fully saturated rings. The Bertz CT molecular complexity index is 1150. The van der Waals surface area contributed by atoms with Crippen molar-refractivity contribution in [3.05, 3.63) is 108 Å². The van der Waals surface area contributed by atoms with E-state index in [0.717, 1.165) is 11.4 Å². The third-order valence-electron chi connectivity index (χ3n) is 4.96. The van der Waals surface area contributed by atoms with Gasteiger partial charge in [-0.25, -0.2) is 4.98 Å². The van der Waals surface area contributed by atoms with Crippen LogP contribution in [0.4, 0.5) is 0 Å². The van der Waals surface area contributed by atoms with Crippen LogP contribution in [0.25, 0.3) is 11.8 Å². The molecular formula is C26H24N2O3. The Labute approximate surface area is 181 Å². The number of nitrogens with zero attached hydrogens (tertiary/aromatic N) is 2. The molecule has 0 aliphatic heterocycles. The van der Waals surface area contributed by atoms with Crippen LogP contribution < -0.4 is 4.74 Å². The van der Waals surface area contributed by atoms with Crippen molar-refractivity contribution in [2.45, 2.75) is 26.4 Å². The molecule has 0 bridgehead atoms. The van der Waals surface area contributed by atoms with Gasteiger partial charge in [0.15, 0.2) is 5.78 Å². The van der Waals surface area contributed by atoms with Crippen LogP contribution in [0.15, 0.2) is 89.9 Å². The van der Waals surface area contributed by atoms with Gasteiger partial charge in [0.1, 0.15) is 23.9 Å². The van der Waals surface area contributed by atoms with E-state index in [1.54, 1.807) is 30.7 Å². The normalized spacial score (nSPS) is 11.3. The summed E-state index contributed by atoms with van der Waals surface area (Å²) in [5.74, 6) is 2.51. The van der Waals surface area contributed by atoms with Crippen LogP contribution in [0.1, 0.15) is 47.2 Å². The fraction of sp³-hybridized carbons (Fsp3) is 0.154. The van der Waals surface area contributed by atoms with Gasteiger partial charge in [-0.15, -0.1) is 0 Å². The van der Waals surface area contributed by atoms with Gasteiger partial charge < -0.3 is 13.7 Å². The molecule has 0 saturated carbocycles. The van der Waals surface area contributed by atoms with Gasteiger partial charge in [0.05, 0.1) is 6.33 Å². The van der Waals surface area contributed by atoms with E-state index in [1.807, 2.05) is 47.2 Å². The van der Waals surface area contributed by atoms with Crippen molar-refractivity contribution >= 4 is 11.9 Å². The number of hydrogen-bond acceptors (Lipinski definition) is 4. The number of benzene rings is 2. The third kappa shape index (κ3) is 5.20. The van der Waals surface area contributed by atoms with E-state index in [9.17, 15) is 4.79 Å². The highest BCUT2D eigenvalue weighted by atomic mass is 16.5. The van der Waals surface area contributed by atoms with Crippen LogP contribution in [0.3, 0.4) is 0 Å². The minimum Gasteiger partial charge on any atom is -0.486 e. The summed E-state index contributed by atoms with van der Waals surface area (Å²) in [4.78, 5) is 16.5. The Kier molecular flexibility index (Phi) is 6.13. The Morgan fingerprint density at radius 3 is 2.52 bits per heavy atom. The first-order valence-electron chi connectivity index (χ1n) is 10.2. The smallest absolute Gasteiger partial charge is 0.185 e. The molecule has 0 N–H and O–H groups in total. The van der Waals surface area contributed by atoms with Crippen molar-refractivity contribution in [2.75, 3.05) is 0 Å². The van der Waals surface area contributed by atoms with Gasteiger partial charge in [0, 0.05) is 23.6 Å². The fourth-order valence-electron chi connectivity index (χ4n) is 3.13. The van der Waals surface area contributed by atoms with Gasteiger partial charge in [0.25, 0.3) is 0 Å². The maximum Gasteiger partial charge on any atom is 0.185 e. The molecule has 0 saturated heterocycles. The highest BCUT2D eigenvalue weighted by molar-refractivity contribution is 6.06. The second kappa shape index (κ2) is 9.30. The van der Waals surface area contributed by atoms with Gasteiger partial charge >= 0.3 is 0 Å². The van der Waals surface area contributed by atoms with E-state index < -0.39 is 0 Å². The highest BCUT2D eigenvalue weighted by Crippen LogP contribution is 2.20. The minimum absolute atomic E-state index is 0.0865. The first kappa shape index (κ1) is 20.4. The molecule has 0 aliphatic carbocycles. The first-order valence-corrected chi connectivity index (χ1v) is 10.2. The fourth-order valence-corrected chi connectivity index (χ4v) is 3.13. The Morgan fingerprint density at radius 1 is 1.06 bits per heavy atom. The average molecular weight is 412 g/mol. The lowest BCUT2D eigenvalue weighted by molar-refractivity contribution is 0.104. The summed E-state index contributed by atoms with van der Waals surface area (Å²) in [6, 6.07) is 19.1. The predicted molar refractivity (Wildman–Crippen MR) is 120 cm³/mol. The van der Waals surface area contributed by atoms with Crippen LogP contribution in [0.5, 0.6) is 5.75 Å². The topological polar surface area (TPSA) is 57.3 Å². The van der Waals surface area contributed by atoms with Crippen LogP contribution >= 0.6 is 0 Å². The van der Waals surface area contributed by atoms with Crippen molar-refractivity contribution in [1.29, 1.82) is 0 Å². The zero-order valence-electron chi connectivity index (χ0n) is 17.6. The van der Waals surface area contributed by atoms with Crippen LogP contribution in [0.2, 0.25) is 0 Å². The standard InChI is InChI=1S/C26H24N2O3/c1-19(2)20-5-9-23(10-6-20)30-17-25-12-11-24(31-25)13-14-26(29)21-3-7-22(8-4-21)28-16-15-27-18-28/h3-16,18-19H,17H2,1-2H3/b14-13+. The number of imidazole rings is 1. The molecule has 2 aromatic heterocycles. The number of aromatic nitrogens is 2. The SMILES string of the molecule is CC(C)c1ccc(OCc2ccc(/C=C/C(=O)c3ccc(-n4ccnc4)cc3)o2)cc1. The second-order valence-electron chi connectivity index (χ2n) is 7.53. The van der Waals surface area contributed by atoms with Gasteiger partial charge in [0.2, 0.25) is 0 Å². The zero-order chi connectivity index (χ0) is 21.6. The Hall–Kier alpha value is -3.86. The van der Waals surface area contributed by atoms with E-state index in [1.165, 1.54) is 11.6 Å². The summed E-state index contributed by atoms with van der Waals surface area (Å²) >= 11 is 0. The molecule has 4 aromatic rings. The molecule has 0 aliphatic rings. The lowest BCUT2D eigenvalue weighted by Gasteiger charge is -2.07. The molecular weight excluding hydrogens is 388 g/mol. The molecule has 0 spiro atoms. The second-order valence-corrected chi connectivity index (χ2v) is 7.53. The van der Waals surface area contributed by atoms with Crippen LogP contribution in [-0.2, 0) is 6.61 Å². The molecule has 0 atom stereocenters. The molecule has 2 heterocycles. The number of carbonyl (C=O) groups excluding carboxylic acids is 1. The average Bonchev–Trinajstić information content (AvgIpc) is 3.49. The molecule has 4 rings (SSSR count). The predicted octanol–water partition coefficient (Wildman–Crippen LogP) is 6.06. The summed E-state index contributed by atoms with van der Waals surface area (Å²) in [5.41, 5.74) is 2.84. The number of rotatable bonds is 8. The third-order valence-corrected chi connectivity index (χ3v) is 4.96. The van der Waals surface area contributed by atoms with Gasteiger partial charge in [-0.2, -0.15) is 0 Å². The number of furan rings is 1. The summed E-state index contributed by atoms with van der Waals surface area (Å²) in [5, 5.41) is 0. The maximum absolute atomic E-state index is 12.4. The van der Waals surface area contributed by atoms with E-state index in [2.05, 4.69) is 31.0 Å². The lowest BCUT2D eigenvalue weighted by atomic mass is 10.0. The number of hydrogen-bond donors (Lipinski definition) is 0. The van der Waals surface area contributed by atoms with E-state index in [4.69, 9.17) is 9.15 Å². The molecule has 0 radical (unpaired) electrons. The molecule has 0 amide bonds. The number of carbonyl (C=O) groups is 1. The van der Waals surface area contributed by atoms with Crippen LogP contribution in [-0.4, -0.2) is 15.3 Å². The first-order chi connectivity index (χ1) is 15.1. The summed E-state index contributed by atoms with van der Waals surface area (Å²) in [7, 11) is 0. The van der Waals surface area contributed by atoms with Crippen molar-refractivity contribution in [1.82, 2.24) is 9.55 Å². The Balaban J connectivity index is 1.33. The minimum atomic E-state index is -0.0865. The van der Waals surface area contributed by atoms with Gasteiger partial charge in [-0.1, -0.05) is 26.0 Å². The molecule has 2 aromatic carbocycles. The molecule has 156 valence electrons. The van der Waals surface area contributed by atoms with Gasteiger partial charge in [-0.3, -0.25) is 4.79 Å². The molecule has 5 heteroatoms. The van der Waals surface area contributed by atoms with Crippen molar-refractivity contribution in [3.63, 3.8) is 0 Å². The van der Waals surface area contributed by atoms with E-state index >= 15 is 0 Å². The molecule has 31 heavy (non-hydrogen) atoms. The largest absolute Gasteiger partial charge is 0.486 e. The quantitative estimate of drug-likeness (QED) is 0.261. The van der Waals surface area contributed by atoms with E-state index in [0.29, 0.717) is 29.6 Å². The molecule has 0 unspecified atom stereocenters. The number of ether oxygens (including phenoxy) is 1. The zero-order valence-corrected chi connectivity index (χ0v) is 17.6. The lowest BCUT2D eigenvalue weighted by Crippen LogP contribution is -1.96. The maximum atomic E-state index is 12.4. The summed E-state index contributed by atoms with van der Waals surface area (Å²) in [6.45, 7) is 4.66. The van der Waals surface area contributed by atoms with Crippen LogP contribution in [0, 0.1) is 0 Å². The van der Waals surface area contributed by atoms with Gasteiger partial charge in [-0.05, 0) is 72.2 Å². The van der Waals surface area contributed by atoms with Crippen molar-refractivity contribution in [3.8, 4) is 11.4 Å². The number of ketones is 1.